The number of amides is 1. The largest absolute Gasteiger partial charge is 0.444 e. The number of benzene rings is 2. The number of hydrogen-bond donors (Lipinski definition) is 0. The number of likely N-dealkylation sites (tertiary alicyclic amines) is 1. The smallest absolute Gasteiger partial charge is 0.410 e. The fraction of sp³-hybridized carbons (Fsp3) is 0.440. The van der Waals surface area contributed by atoms with Crippen LogP contribution >= 0.6 is 0 Å². The van der Waals surface area contributed by atoms with Crippen molar-refractivity contribution < 1.29 is 9.53 Å². The number of piperidine rings is 1. The highest BCUT2D eigenvalue weighted by Gasteiger charge is 2.55. The van der Waals surface area contributed by atoms with Gasteiger partial charge in [0.05, 0.1) is 11.6 Å². The van der Waals surface area contributed by atoms with Crippen molar-refractivity contribution in [1.29, 1.82) is 5.26 Å². The number of rotatable bonds is 2. The van der Waals surface area contributed by atoms with Crippen molar-refractivity contribution in [2.24, 2.45) is 5.41 Å². The third kappa shape index (κ3) is 4.15. The van der Waals surface area contributed by atoms with Crippen LogP contribution in [0.5, 0.6) is 0 Å². The Morgan fingerprint density at radius 3 is 2.10 bits per heavy atom. The number of nitrogens with zero attached hydrogens (tertiary/aromatic N) is 2. The fourth-order valence-electron chi connectivity index (χ4n) is 4.48. The Morgan fingerprint density at radius 2 is 1.59 bits per heavy atom. The topological polar surface area (TPSA) is 53.3 Å². The molecule has 0 bridgehead atoms. The molecule has 2 aliphatic rings. The van der Waals surface area contributed by atoms with E-state index in [4.69, 9.17) is 10.00 Å². The first-order chi connectivity index (χ1) is 13.8. The summed E-state index contributed by atoms with van der Waals surface area (Å²) in [6.45, 7) is 7.31. The summed E-state index contributed by atoms with van der Waals surface area (Å²) >= 11 is 0. The second-order valence-corrected chi connectivity index (χ2v) is 9.40. The molecule has 29 heavy (non-hydrogen) atoms. The van der Waals surface area contributed by atoms with Crippen molar-refractivity contribution >= 4 is 6.09 Å². The first kappa shape index (κ1) is 19.5. The van der Waals surface area contributed by atoms with E-state index in [1.54, 1.807) is 0 Å². The average Bonchev–Trinajstić information content (AvgIpc) is 3.40. The molecule has 4 heteroatoms. The third-order valence-electron chi connectivity index (χ3n) is 6.26. The Balaban J connectivity index is 1.37. The quantitative estimate of drug-likeness (QED) is 0.660. The zero-order valence-electron chi connectivity index (χ0n) is 17.4. The van der Waals surface area contributed by atoms with Gasteiger partial charge in [0.15, 0.2) is 0 Å². The second kappa shape index (κ2) is 7.22. The summed E-state index contributed by atoms with van der Waals surface area (Å²) in [5.74, 6) is 0.596. The van der Waals surface area contributed by atoms with Crippen LogP contribution in [0.4, 0.5) is 4.79 Å². The zero-order valence-corrected chi connectivity index (χ0v) is 17.4. The van der Waals surface area contributed by atoms with Crippen LogP contribution < -0.4 is 0 Å². The fourth-order valence-corrected chi connectivity index (χ4v) is 4.48. The van der Waals surface area contributed by atoms with E-state index < -0.39 is 5.60 Å². The minimum Gasteiger partial charge on any atom is -0.444 e. The van der Waals surface area contributed by atoms with Gasteiger partial charge in [-0.1, -0.05) is 36.4 Å². The summed E-state index contributed by atoms with van der Waals surface area (Å²) in [7, 11) is 0. The molecule has 0 aromatic heterocycles. The molecule has 1 unspecified atom stereocenters. The lowest BCUT2D eigenvalue weighted by Gasteiger charge is -2.34. The monoisotopic (exact) mass is 388 g/mol. The maximum Gasteiger partial charge on any atom is 0.410 e. The van der Waals surface area contributed by atoms with Crippen molar-refractivity contribution in [2.75, 3.05) is 13.1 Å². The van der Waals surface area contributed by atoms with Crippen molar-refractivity contribution in [3.05, 3.63) is 59.7 Å². The van der Waals surface area contributed by atoms with Crippen LogP contribution in [0.15, 0.2) is 48.5 Å². The molecule has 1 amide bonds. The molecule has 1 aliphatic carbocycles. The number of ether oxygens (including phenoxy) is 1. The summed E-state index contributed by atoms with van der Waals surface area (Å²) in [5, 5.41) is 8.94. The molecular weight excluding hydrogens is 360 g/mol. The van der Waals surface area contributed by atoms with Crippen molar-refractivity contribution in [3.63, 3.8) is 0 Å². The highest BCUT2D eigenvalue weighted by Crippen LogP contribution is 2.65. The molecule has 4 rings (SSSR count). The van der Waals surface area contributed by atoms with Gasteiger partial charge in [0.1, 0.15) is 5.60 Å². The highest BCUT2D eigenvalue weighted by atomic mass is 16.6. The van der Waals surface area contributed by atoms with Crippen LogP contribution in [0.1, 0.15) is 57.1 Å². The summed E-state index contributed by atoms with van der Waals surface area (Å²) in [6, 6.07) is 18.7. The molecule has 1 heterocycles. The van der Waals surface area contributed by atoms with Gasteiger partial charge in [-0.25, -0.2) is 4.79 Å². The van der Waals surface area contributed by atoms with E-state index in [9.17, 15) is 4.79 Å². The van der Waals surface area contributed by atoms with E-state index in [1.807, 2.05) is 49.9 Å². The van der Waals surface area contributed by atoms with Gasteiger partial charge in [-0.3, -0.25) is 0 Å². The Hall–Kier alpha value is -2.80. The summed E-state index contributed by atoms with van der Waals surface area (Å²) in [6.07, 6.45) is 3.13. The summed E-state index contributed by atoms with van der Waals surface area (Å²) < 4.78 is 5.52. The van der Waals surface area contributed by atoms with Crippen LogP contribution in [0.25, 0.3) is 11.1 Å². The van der Waals surface area contributed by atoms with Gasteiger partial charge in [-0.15, -0.1) is 0 Å². The molecule has 0 radical (unpaired) electrons. The molecule has 2 aromatic carbocycles. The first-order valence-corrected chi connectivity index (χ1v) is 10.4. The minimum absolute atomic E-state index is 0.184. The van der Waals surface area contributed by atoms with E-state index >= 15 is 0 Å². The Kier molecular flexibility index (Phi) is 4.86. The molecule has 1 saturated carbocycles. The van der Waals surface area contributed by atoms with Crippen molar-refractivity contribution in [3.8, 4) is 17.2 Å². The molecule has 1 spiro atoms. The van der Waals surface area contributed by atoms with Crippen molar-refractivity contribution in [2.45, 2.75) is 51.6 Å². The molecule has 150 valence electrons. The normalized spacial score (nSPS) is 20.2. The van der Waals surface area contributed by atoms with Gasteiger partial charge < -0.3 is 9.64 Å². The van der Waals surface area contributed by atoms with E-state index in [1.165, 1.54) is 17.5 Å². The Bertz CT molecular complexity index is 925. The third-order valence-corrected chi connectivity index (χ3v) is 6.26. The van der Waals surface area contributed by atoms with Crippen LogP contribution in [0, 0.1) is 16.7 Å². The molecule has 1 atom stereocenters. The van der Waals surface area contributed by atoms with Crippen LogP contribution in [0.3, 0.4) is 0 Å². The molecule has 4 nitrogen and oxygen atoms in total. The van der Waals surface area contributed by atoms with Gasteiger partial charge in [0, 0.05) is 13.1 Å². The summed E-state index contributed by atoms with van der Waals surface area (Å²) in [4.78, 5) is 14.2. The molecule has 2 aromatic rings. The molecule has 0 N–H and O–H groups in total. The number of nitriles is 1. The van der Waals surface area contributed by atoms with Crippen LogP contribution in [-0.4, -0.2) is 29.7 Å². The van der Waals surface area contributed by atoms with Gasteiger partial charge in [-0.05, 0) is 80.2 Å². The second-order valence-electron chi connectivity index (χ2n) is 9.40. The Labute approximate surface area is 173 Å². The number of hydrogen-bond acceptors (Lipinski definition) is 3. The Morgan fingerprint density at radius 1 is 1.03 bits per heavy atom. The van der Waals surface area contributed by atoms with Gasteiger partial charge in [0.25, 0.3) is 0 Å². The zero-order chi connectivity index (χ0) is 20.6. The van der Waals surface area contributed by atoms with Gasteiger partial charge >= 0.3 is 6.09 Å². The minimum atomic E-state index is -0.439. The van der Waals surface area contributed by atoms with E-state index in [2.05, 4.69) is 30.3 Å². The van der Waals surface area contributed by atoms with Crippen molar-refractivity contribution in [1.82, 2.24) is 4.90 Å². The van der Waals surface area contributed by atoms with E-state index in [0.717, 1.165) is 31.5 Å². The standard InChI is InChI=1S/C25H28N2O2/c1-24(2,3)29-23(28)27-14-12-25(13-15-27)16-22(25)21-10-8-20(9-11-21)19-6-4-18(17-26)5-7-19/h4-11,22H,12-16H2,1-3H3. The van der Waals surface area contributed by atoms with Gasteiger partial charge in [0.2, 0.25) is 0 Å². The van der Waals surface area contributed by atoms with Gasteiger partial charge in [-0.2, -0.15) is 5.26 Å². The van der Waals surface area contributed by atoms with E-state index in [0.29, 0.717) is 16.9 Å². The summed E-state index contributed by atoms with van der Waals surface area (Å²) in [5.41, 5.74) is 4.30. The number of carbonyl (C=O) groups is 1. The average molecular weight is 389 g/mol. The maximum atomic E-state index is 12.3. The predicted octanol–water partition coefficient (Wildman–Crippen LogP) is 5.73. The maximum absolute atomic E-state index is 12.3. The van der Waals surface area contributed by atoms with E-state index in [-0.39, 0.29) is 6.09 Å². The molecule has 1 saturated heterocycles. The molecule has 2 fully saturated rings. The lowest BCUT2D eigenvalue weighted by molar-refractivity contribution is 0.0170. The molecule has 1 aliphatic heterocycles. The SMILES string of the molecule is CC(C)(C)OC(=O)N1CCC2(CC1)CC2c1ccc(-c2ccc(C#N)cc2)cc1. The predicted molar refractivity (Wildman–Crippen MR) is 113 cm³/mol. The lowest BCUT2D eigenvalue weighted by atomic mass is 9.88. The lowest BCUT2D eigenvalue weighted by Crippen LogP contribution is -2.42. The van der Waals surface area contributed by atoms with Crippen LogP contribution in [0.2, 0.25) is 0 Å². The van der Waals surface area contributed by atoms with Crippen LogP contribution in [-0.2, 0) is 4.74 Å². The first-order valence-electron chi connectivity index (χ1n) is 10.4. The number of carbonyl (C=O) groups excluding carboxylic acids is 1. The highest BCUT2D eigenvalue weighted by molar-refractivity contribution is 5.68. The molecular formula is C25H28N2O2.